The summed E-state index contributed by atoms with van der Waals surface area (Å²) in [6, 6.07) is 4.12. The van der Waals surface area contributed by atoms with Gasteiger partial charge in [0.25, 0.3) is 0 Å². The van der Waals surface area contributed by atoms with Crippen molar-refractivity contribution in [2.45, 2.75) is 6.36 Å². The lowest BCUT2D eigenvalue weighted by molar-refractivity contribution is -0.274. The quantitative estimate of drug-likeness (QED) is 0.708. The fraction of sp³-hybridized carbons (Fsp3) is 0.125. The molecule has 0 spiro atoms. The number of ether oxygens (including phenoxy) is 1. The monoisotopic (exact) mass is 202 g/mol. The number of hydrogen-bond donors (Lipinski definition) is 0. The zero-order chi connectivity index (χ0) is 10.2. The van der Waals surface area contributed by atoms with Gasteiger partial charge in [-0.1, -0.05) is 0 Å². The highest BCUT2D eigenvalue weighted by Crippen LogP contribution is 2.26. The van der Waals surface area contributed by atoms with E-state index in [1.54, 1.807) is 6.20 Å². The first kappa shape index (κ1) is 8.86. The molecule has 0 amide bonds. The fourth-order valence-electron chi connectivity index (χ4n) is 1.14. The molecule has 2 heterocycles. The van der Waals surface area contributed by atoms with Gasteiger partial charge in [-0.3, -0.25) is 0 Å². The van der Waals surface area contributed by atoms with Gasteiger partial charge in [0.05, 0.1) is 6.20 Å². The summed E-state index contributed by atoms with van der Waals surface area (Å²) in [5.41, 5.74) is 0.282. The molecule has 0 bridgehead atoms. The van der Waals surface area contributed by atoms with Gasteiger partial charge in [0.2, 0.25) is 0 Å². The van der Waals surface area contributed by atoms with Crippen LogP contribution in [0.2, 0.25) is 0 Å². The van der Waals surface area contributed by atoms with Gasteiger partial charge >= 0.3 is 6.36 Å². The van der Waals surface area contributed by atoms with Crippen LogP contribution in [0.3, 0.4) is 0 Å². The summed E-state index contributed by atoms with van der Waals surface area (Å²) in [5, 5.41) is 3.78. The molecule has 2 rings (SSSR count). The zero-order valence-corrected chi connectivity index (χ0v) is 6.82. The van der Waals surface area contributed by atoms with E-state index in [-0.39, 0.29) is 11.3 Å². The Balaban J connectivity index is 2.46. The normalized spacial score (nSPS) is 11.9. The molecular formula is C8H5F3N2O. The number of rotatable bonds is 1. The Hall–Kier alpha value is -1.72. The molecule has 0 aliphatic rings. The maximum absolute atomic E-state index is 11.9. The third-order valence-electron chi connectivity index (χ3n) is 1.62. The Morgan fingerprint density at radius 1 is 1.29 bits per heavy atom. The van der Waals surface area contributed by atoms with E-state index in [9.17, 15) is 13.2 Å². The molecule has 74 valence electrons. The van der Waals surface area contributed by atoms with Crippen molar-refractivity contribution in [2.75, 3.05) is 0 Å². The Morgan fingerprint density at radius 3 is 2.79 bits per heavy atom. The summed E-state index contributed by atoms with van der Waals surface area (Å²) < 4.78 is 40.9. The zero-order valence-electron chi connectivity index (χ0n) is 6.82. The highest BCUT2D eigenvalue weighted by Gasteiger charge is 2.31. The maximum atomic E-state index is 11.9. The highest BCUT2D eigenvalue weighted by atomic mass is 19.4. The van der Waals surface area contributed by atoms with Gasteiger partial charge in [-0.15, -0.1) is 13.2 Å². The van der Waals surface area contributed by atoms with Crippen LogP contribution in [0.15, 0.2) is 30.6 Å². The van der Waals surface area contributed by atoms with Crippen LogP contribution in [0.25, 0.3) is 5.52 Å². The molecular weight excluding hydrogens is 197 g/mol. The molecule has 2 aromatic rings. The Bertz CT molecular complexity index is 449. The highest BCUT2D eigenvalue weighted by molar-refractivity contribution is 5.58. The van der Waals surface area contributed by atoms with Crippen LogP contribution in [-0.4, -0.2) is 16.0 Å². The summed E-state index contributed by atoms with van der Waals surface area (Å²) in [5.74, 6) is -0.252. The van der Waals surface area contributed by atoms with Crippen molar-refractivity contribution in [1.29, 1.82) is 0 Å². The first-order chi connectivity index (χ1) is 6.56. The van der Waals surface area contributed by atoms with E-state index in [1.807, 2.05) is 0 Å². The number of fused-ring (bicyclic) bond motifs is 1. The molecule has 0 radical (unpaired) electrons. The first-order valence-electron chi connectivity index (χ1n) is 3.74. The number of halogens is 3. The molecule has 0 atom stereocenters. The summed E-state index contributed by atoms with van der Waals surface area (Å²) in [6.07, 6.45) is -1.73. The van der Waals surface area contributed by atoms with E-state index in [2.05, 4.69) is 9.84 Å². The minimum Gasteiger partial charge on any atom is -0.403 e. The topological polar surface area (TPSA) is 26.5 Å². The van der Waals surface area contributed by atoms with Crippen molar-refractivity contribution in [2.24, 2.45) is 0 Å². The number of aromatic nitrogens is 2. The molecule has 14 heavy (non-hydrogen) atoms. The second-order valence-corrected chi connectivity index (χ2v) is 2.58. The smallest absolute Gasteiger partial charge is 0.403 e. The van der Waals surface area contributed by atoms with Gasteiger partial charge in [0.1, 0.15) is 5.52 Å². The van der Waals surface area contributed by atoms with Gasteiger partial charge < -0.3 is 4.74 Å². The van der Waals surface area contributed by atoms with E-state index >= 15 is 0 Å². The lowest BCUT2D eigenvalue weighted by atomic mass is 10.4. The number of hydrogen-bond acceptors (Lipinski definition) is 2. The van der Waals surface area contributed by atoms with Crippen LogP contribution in [0.1, 0.15) is 0 Å². The predicted octanol–water partition coefficient (Wildman–Crippen LogP) is 2.23. The van der Waals surface area contributed by atoms with Gasteiger partial charge in [-0.2, -0.15) is 5.10 Å². The van der Waals surface area contributed by atoms with Crippen LogP contribution in [-0.2, 0) is 0 Å². The van der Waals surface area contributed by atoms with E-state index < -0.39 is 6.36 Å². The maximum Gasteiger partial charge on any atom is 0.573 e. The Kier molecular flexibility index (Phi) is 1.83. The molecule has 0 aliphatic heterocycles. The SMILES string of the molecule is FC(F)(F)Oc1cccn2nccc12. The molecule has 2 aromatic heterocycles. The van der Waals surface area contributed by atoms with Crippen molar-refractivity contribution in [1.82, 2.24) is 9.61 Å². The minimum absolute atomic E-state index is 0.252. The lowest BCUT2D eigenvalue weighted by Crippen LogP contribution is -2.17. The Labute approximate surface area is 76.7 Å². The largest absolute Gasteiger partial charge is 0.573 e. The van der Waals surface area contributed by atoms with Crippen molar-refractivity contribution in [3.63, 3.8) is 0 Å². The first-order valence-corrected chi connectivity index (χ1v) is 3.74. The molecule has 0 unspecified atom stereocenters. The molecule has 3 nitrogen and oxygen atoms in total. The fourth-order valence-corrected chi connectivity index (χ4v) is 1.14. The molecule has 6 heteroatoms. The standard InChI is InChI=1S/C8H5F3N2O/c9-8(10,11)14-7-2-1-5-13-6(7)3-4-12-13/h1-5H. The predicted molar refractivity (Wildman–Crippen MR) is 41.9 cm³/mol. The van der Waals surface area contributed by atoms with Crippen molar-refractivity contribution >= 4 is 5.52 Å². The minimum atomic E-state index is -4.67. The van der Waals surface area contributed by atoms with E-state index in [0.29, 0.717) is 0 Å². The van der Waals surface area contributed by atoms with Gasteiger partial charge in [-0.05, 0) is 18.2 Å². The summed E-state index contributed by atoms with van der Waals surface area (Å²) in [4.78, 5) is 0. The van der Waals surface area contributed by atoms with Crippen LogP contribution in [0.4, 0.5) is 13.2 Å². The van der Waals surface area contributed by atoms with Crippen LogP contribution < -0.4 is 4.74 Å². The van der Waals surface area contributed by atoms with Crippen molar-refractivity contribution < 1.29 is 17.9 Å². The van der Waals surface area contributed by atoms with Crippen LogP contribution in [0.5, 0.6) is 5.75 Å². The molecule has 0 saturated heterocycles. The Morgan fingerprint density at radius 2 is 2.07 bits per heavy atom. The van der Waals surface area contributed by atoms with E-state index in [0.717, 1.165) is 0 Å². The van der Waals surface area contributed by atoms with Gasteiger partial charge in [-0.25, -0.2) is 4.52 Å². The average molecular weight is 202 g/mol. The molecule has 0 aliphatic carbocycles. The summed E-state index contributed by atoms with van der Waals surface area (Å²) in [7, 11) is 0. The second kappa shape index (κ2) is 2.90. The molecule has 0 aromatic carbocycles. The summed E-state index contributed by atoms with van der Waals surface area (Å²) >= 11 is 0. The summed E-state index contributed by atoms with van der Waals surface area (Å²) in [6.45, 7) is 0. The van der Waals surface area contributed by atoms with Gasteiger partial charge in [0.15, 0.2) is 5.75 Å². The van der Waals surface area contributed by atoms with Crippen molar-refractivity contribution in [3.05, 3.63) is 30.6 Å². The van der Waals surface area contributed by atoms with E-state index in [4.69, 9.17) is 0 Å². The van der Waals surface area contributed by atoms with Crippen LogP contribution in [0, 0.1) is 0 Å². The average Bonchev–Trinajstić information content (AvgIpc) is 2.49. The van der Waals surface area contributed by atoms with E-state index in [1.165, 1.54) is 28.9 Å². The molecule has 0 saturated carbocycles. The van der Waals surface area contributed by atoms with Gasteiger partial charge in [0, 0.05) is 6.20 Å². The lowest BCUT2D eigenvalue weighted by Gasteiger charge is -2.09. The number of nitrogens with zero attached hydrogens (tertiary/aromatic N) is 2. The molecule has 0 fully saturated rings. The van der Waals surface area contributed by atoms with Crippen LogP contribution >= 0.6 is 0 Å². The number of alkyl halides is 3. The second-order valence-electron chi connectivity index (χ2n) is 2.58. The van der Waals surface area contributed by atoms with Crippen molar-refractivity contribution in [3.8, 4) is 5.75 Å². The number of pyridine rings is 1. The third-order valence-corrected chi connectivity index (χ3v) is 1.62. The third kappa shape index (κ3) is 1.63. The molecule has 0 N–H and O–H groups in total.